The molecule has 2 nitrogen and oxygen atoms in total. The number of hydrogen-bond acceptors (Lipinski definition) is 2. The van der Waals surface area contributed by atoms with Crippen molar-refractivity contribution >= 4 is 0 Å². The van der Waals surface area contributed by atoms with Gasteiger partial charge in [0.1, 0.15) is 0 Å². The highest BCUT2D eigenvalue weighted by Gasteiger charge is 2.07. The van der Waals surface area contributed by atoms with E-state index < -0.39 is 0 Å². The first-order valence-corrected chi connectivity index (χ1v) is 4.71. The second-order valence-electron chi connectivity index (χ2n) is 3.13. The molecule has 0 aromatic carbocycles. The SMILES string of the molecule is [2H]C1CNCCN1CCCCC. The van der Waals surface area contributed by atoms with Gasteiger partial charge in [0, 0.05) is 27.5 Å². The maximum absolute atomic E-state index is 7.73. The van der Waals surface area contributed by atoms with Crippen molar-refractivity contribution in [1.82, 2.24) is 10.2 Å². The predicted molar refractivity (Wildman–Crippen MR) is 48.8 cm³/mol. The van der Waals surface area contributed by atoms with E-state index in [0.717, 1.165) is 26.2 Å². The maximum atomic E-state index is 7.73. The molecule has 66 valence electrons. The zero-order valence-electron chi connectivity index (χ0n) is 8.47. The highest BCUT2D eigenvalue weighted by atomic mass is 15.2. The van der Waals surface area contributed by atoms with Crippen molar-refractivity contribution in [3.05, 3.63) is 0 Å². The van der Waals surface area contributed by atoms with Crippen molar-refractivity contribution < 1.29 is 1.37 Å². The first-order chi connectivity index (χ1) is 5.84. The molecule has 0 radical (unpaired) electrons. The molecule has 1 unspecified atom stereocenters. The van der Waals surface area contributed by atoms with E-state index in [4.69, 9.17) is 1.37 Å². The Balaban J connectivity index is 2.11. The first kappa shape index (κ1) is 7.56. The first-order valence-electron chi connectivity index (χ1n) is 5.29. The van der Waals surface area contributed by atoms with E-state index in [-0.39, 0.29) is 6.52 Å². The lowest BCUT2D eigenvalue weighted by Gasteiger charge is -2.26. The van der Waals surface area contributed by atoms with Gasteiger partial charge in [0.2, 0.25) is 0 Å². The molecular formula is C9H20N2. The van der Waals surface area contributed by atoms with Gasteiger partial charge in [-0.15, -0.1) is 0 Å². The van der Waals surface area contributed by atoms with Gasteiger partial charge in [0.25, 0.3) is 0 Å². The predicted octanol–water partition coefficient (Wildman–Crippen LogP) is 1.08. The van der Waals surface area contributed by atoms with Crippen LogP contribution in [0.3, 0.4) is 0 Å². The summed E-state index contributed by atoms with van der Waals surface area (Å²) in [4.78, 5) is 2.27. The fraction of sp³-hybridized carbons (Fsp3) is 1.00. The van der Waals surface area contributed by atoms with Gasteiger partial charge in [-0.2, -0.15) is 0 Å². The summed E-state index contributed by atoms with van der Waals surface area (Å²) in [5.41, 5.74) is 0. The third kappa shape index (κ3) is 3.73. The third-order valence-electron chi connectivity index (χ3n) is 2.12. The molecule has 0 saturated carbocycles. The molecule has 1 rings (SSSR count). The van der Waals surface area contributed by atoms with Crippen LogP contribution in [0.2, 0.25) is 0 Å². The smallest absolute Gasteiger partial charge is 0.0444 e. The van der Waals surface area contributed by atoms with Crippen LogP contribution < -0.4 is 5.32 Å². The van der Waals surface area contributed by atoms with Crippen molar-refractivity contribution in [2.24, 2.45) is 0 Å². The van der Waals surface area contributed by atoms with E-state index in [9.17, 15) is 0 Å². The lowest BCUT2D eigenvalue weighted by atomic mass is 10.2. The van der Waals surface area contributed by atoms with Gasteiger partial charge in [-0.1, -0.05) is 19.8 Å². The molecule has 1 aliphatic rings. The van der Waals surface area contributed by atoms with Crippen LogP contribution >= 0.6 is 0 Å². The molecule has 0 spiro atoms. The second-order valence-corrected chi connectivity index (χ2v) is 3.13. The Morgan fingerprint density at radius 1 is 1.45 bits per heavy atom. The van der Waals surface area contributed by atoms with Crippen molar-refractivity contribution in [2.45, 2.75) is 26.2 Å². The van der Waals surface area contributed by atoms with Crippen molar-refractivity contribution in [3.8, 4) is 0 Å². The van der Waals surface area contributed by atoms with E-state index in [1.807, 2.05) is 0 Å². The highest BCUT2D eigenvalue weighted by molar-refractivity contribution is 4.66. The van der Waals surface area contributed by atoms with Crippen LogP contribution in [0.25, 0.3) is 0 Å². The number of unbranched alkanes of at least 4 members (excludes halogenated alkanes) is 2. The minimum atomic E-state index is -0.00407. The van der Waals surface area contributed by atoms with Crippen molar-refractivity contribution in [2.75, 3.05) is 32.7 Å². The average molecular weight is 157 g/mol. The van der Waals surface area contributed by atoms with Gasteiger partial charge in [-0.3, -0.25) is 0 Å². The molecule has 1 saturated heterocycles. The molecule has 0 aromatic rings. The molecule has 0 amide bonds. The number of nitrogens with one attached hydrogen (secondary N) is 1. The van der Waals surface area contributed by atoms with E-state index in [1.165, 1.54) is 19.3 Å². The summed E-state index contributed by atoms with van der Waals surface area (Å²) in [6.45, 7) is 6.28. The van der Waals surface area contributed by atoms with Crippen LogP contribution in [0, 0.1) is 0 Å². The molecule has 1 heterocycles. The lowest BCUT2D eigenvalue weighted by molar-refractivity contribution is 0.236. The number of hydrogen-bond donors (Lipinski definition) is 1. The minimum absolute atomic E-state index is 0.00407. The van der Waals surface area contributed by atoms with Crippen LogP contribution in [-0.2, 0) is 0 Å². The monoisotopic (exact) mass is 157 g/mol. The molecule has 1 aliphatic heterocycles. The quantitative estimate of drug-likeness (QED) is 0.614. The molecule has 0 aromatic heterocycles. The lowest BCUT2D eigenvalue weighted by Crippen LogP contribution is -2.43. The van der Waals surface area contributed by atoms with E-state index >= 15 is 0 Å². The Bertz CT molecular complexity index is 119. The summed E-state index contributed by atoms with van der Waals surface area (Å²) in [6, 6.07) is 0. The molecule has 11 heavy (non-hydrogen) atoms. The van der Waals surface area contributed by atoms with Crippen LogP contribution in [0.5, 0.6) is 0 Å². The topological polar surface area (TPSA) is 15.3 Å². The van der Waals surface area contributed by atoms with Crippen LogP contribution in [0.1, 0.15) is 27.6 Å². The molecule has 1 fully saturated rings. The molecular weight excluding hydrogens is 136 g/mol. The molecule has 0 bridgehead atoms. The largest absolute Gasteiger partial charge is 0.314 e. The van der Waals surface area contributed by atoms with E-state index in [0.29, 0.717) is 0 Å². The number of piperazine rings is 1. The second kappa shape index (κ2) is 5.56. The van der Waals surface area contributed by atoms with E-state index in [1.54, 1.807) is 0 Å². The molecule has 2 heteroatoms. The normalized spacial score (nSPS) is 28.5. The number of rotatable bonds is 4. The summed E-state index contributed by atoms with van der Waals surface area (Å²) in [6.07, 6.45) is 3.83. The maximum Gasteiger partial charge on any atom is 0.0444 e. The van der Waals surface area contributed by atoms with Gasteiger partial charge >= 0.3 is 0 Å². The fourth-order valence-electron chi connectivity index (χ4n) is 1.38. The van der Waals surface area contributed by atoms with Crippen LogP contribution in [-0.4, -0.2) is 37.6 Å². The minimum Gasteiger partial charge on any atom is -0.314 e. The van der Waals surface area contributed by atoms with Crippen molar-refractivity contribution in [3.63, 3.8) is 0 Å². The Kier molecular flexibility index (Phi) is 3.82. The summed E-state index contributed by atoms with van der Waals surface area (Å²) in [7, 11) is 0. The standard InChI is InChI=1S/C9H20N2/c1-2-3-4-7-11-8-5-10-6-9-11/h10H,2-9H2,1H3/i8D. The summed E-state index contributed by atoms with van der Waals surface area (Å²) < 4.78 is 7.73. The highest BCUT2D eigenvalue weighted by Crippen LogP contribution is 1.98. The van der Waals surface area contributed by atoms with Crippen LogP contribution in [0.15, 0.2) is 0 Å². The molecule has 0 aliphatic carbocycles. The van der Waals surface area contributed by atoms with Gasteiger partial charge < -0.3 is 10.2 Å². The van der Waals surface area contributed by atoms with Gasteiger partial charge in [-0.25, -0.2) is 0 Å². The van der Waals surface area contributed by atoms with E-state index in [2.05, 4.69) is 17.1 Å². The Morgan fingerprint density at radius 3 is 3.09 bits per heavy atom. The zero-order chi connectivity index (χ0) is 8.81. The fourth-order valence-corrected chi connectivity index (χ4v) is 1.38. The molecule has 1 N–H and O–H groups in total. The van der Waals surface area contributed by atoms with Crippen molar-refractivity contribution in [1.29, 1.82) is 0 Å². The van der Waals surface area contributed by atoms with Crippen LogP contribution in [0.4, 0.5) is 0 Å². The van der Waals surface area contributed by atoms with Gasteiger partial charge in [0.05, 0.1) is 0 Å². The Morgan fingerprint density at radius 2 is 2.36 bits per heavy atom. The third-order valence-corrected chi connectivity index (χ3v) is 2.12. The summed E-state index contributed by atoms with van der Waals surface area (Å²) >= 11 is 0. The molecule has 1 atom stereocenters. The Hall–Kier alpha value is -0.0800. The summed E-state index contributed by atoms with van der Waals surface area (Å²) in [5, 5.41) is 3.23. The van der Waals surface area contributed by atoms with Gasteiger partial charge in [-0.05, 0) is 13.0 Å². The number of nitrogens with zero attached hydrogens (tertiary/aromatic N) is 1. The average Bonchev–Trinajstić information content (AvgIpc) is 2.09. The Labute approximate surface area is 71.4 Å². The zero-order valence-corrected chi connectivity index (χ0v) is 7.47. The summed E-state index contributed by atoms with van der Waals surface area (Å²) in [5.74, 6) is 0. The van der Waals surface area contributed by atoms with Gasteiger partial charge in [0.15, 0.2) is 0 Å².